The molecule has 0 aliphatic carbocycles. The van der Waals surface area contributed by atoms with Crippen LogP contribution in [0.15, 0.2) is 48.8 Å². The van der Waals surface area contributed by atoms with Gasteiger partial charge in [0.2, 0.25) is 5.91 Å². The number of carbonyl (C=O) groups excluding carboxylic acids is 2. The number of nitrogens with zero attached hydrogens (tertiary/aromatic N) is 1. The van der Waals surface area contributed by atoms with Gasteiger partial charge < -0.3 is 15.4 Å². The molecule has 0 atom stereocenters. The van der Waals surface area contributed by atoms with Gasteiger partial charge in [-0.05, 0) is 36.2 Å². The second-order valence-electron chi connectivity index (χ2n) is 5.20. The summed E-state index contributed by atoms with van der Waals surface area (Å²) in [7, 11) is 1.62. The quantitative estimate of drug-likeness (QED) is 0.721. The maximum absolute atomic E-state index is 11.8. The van der Waals surface area contributed by atoms with Crippen LogP contribution in [0.2, 0.25) is 0 Å². The third-order valence-corrected chi connectivity index (χ3v) is 3.43. The van der Waals surface area contributed by atoms with E-state index in [1.807, 2.05) is 24.3 Å². The SMILES string of the molecule is COc1cccc(CCC(=O)NCCNC(=O)c2cccnc2)c1. The molecule has 0 aliphatic rings. The lowest BCUT2D eigenvalue weighted by atomic mass is 10.1. The minimum absolute atomic E-state index is 0.0477. The highest BCUT2D eigenvalue weighted by Crippen LogP contribution is 2.13. The third kappa shape index (κ3) is 5.72. The molecule has 1 aromatic carbocycles. The molecule has 0 saturated carbocycles. The maximum atomic E-state index is 11.8. The Morgan fingerprint density at radius 1 is 1.12 bits per heavy atom. The maximum Gasteiger partial charge on any atom is 0.252 e. The molecule has 0 saturated heterocycles. The minimum atomic E-state index is -0.200. The fourth-order valence-electron chi connectivity index (χ4n) is 2.15. The van der Waals surface area contributed by atoms with E-state index < -0.39 is 0 Å². The predicted octanol–water partition coefficient (Wildman–Crippen LogP) is 1.57. The molecular formula is C18H21N3O3. The van der Waals surface area contributed by atoms with Gasteiger partial charge in [0.05, 0.1) is 12.7 Å². The highest BCUT2D eigenvalue weighted by atomic mass is 16.5. The zero-order chi connectivity index (χ0) is 17.2. The number of amides is 2. The fourth-order valence-corrected chi connectivity index (χ4v) is 2.15. The molecule has 2 rings (SSSR count). The summed E-state index contributed by atoms with van der Waals surface area (Å²) in [5.74, 6) is 0.535. The molecule has 0 aliphatic heterocycles. The second-order valence-corrected chi connectivity index (χ2v) is 5.20. The number of hydrogen-bond acceptors (Lipinski definition) is 4. The summed E-state index contributed by atoms with van der Waals surface area (Å²) in [4.78, 5) is 27.5. The van der Waals surface area contributed by atoms with E-state index in [9.17, 15) is 9.59 Å². The van der Waals surface area contributed by atoms with Crippen LogP contribution in [0.4, 0.5) is 0 Å². The fraction of sp³-hybridized carbons (Fsp3) is 0.278. The molecule has 2 N–H and O–H groups in total. The van der Waals surface area contributed by atoms with Crippen LogP contribution in [-0.4, -0.2) is 37.0 Å². The van der Waals surface area contributed by atoms with E-state index in [1.54, 1.807) is 25.4 Å². The van der Waals surface area contributed by atoms with Gasteiger partial charge in [-0.15, -0.1) is 0 Å². The van der Waals surface area contributed by atoms with E-state index in [-0.39, 0.29) is 11.8 Å². The summed E-state index contributed by atoms with van der Waals surface area (Å²) >= 11 is 0. The Balaban J connectivity index is 1.64. The molecule has 0 radical (unpaired) electrons. The van der Waals surface area contributed by atoms with Gasteiger partial charge in [-0.2, -0.15) is 0 Å². The van der Waals surface area contributed by atoms with Gasteiger partial charge in [0.25, 0.3) is 5.91 Å². The van der Waals surface area contributed by atoms with Crippen molar-refractivity contribution in [3.63, 3.8) is 0 Å². The molecule has 6 heteroatoms. The van der Waals surface area contributed by atoms with Gasteiger partial charge in [-0.1, -0.05) is 12.1 Å². The second kappa shape index (κ2) is 9.29. The number of nitrogens with one attached hydrogen (secondary N) is 2. The van der Waals surface area contributed by atoms with Crippen LogP contribution in [0, 0.1) is 0 Å². The molecule has 2 amide bonds. The third-order valence-electron chi connectivity index (χ3n) is 3.43. The summed E-state index contributed by atoms with van der Waals surface area (Å²) in [6.45, 7) is 0.765. The van der Waals surface area contributed by atoms with Crippen LogP contribution >= 0.6 is 0 Å². The monoisotopic (exact) mass is 327 g/mol. The van der Waals surface area contributed by atoms with E-state index in [2.05, 4.69) is 15.6 Å². The standard InChI is InChI=1S/C18H21N3O3/c1-24-16-6-2-4-14(12-16)7-8-17(22)20-10-11-21-18(23)15-5-3-9-19-13-15/h2-6,9,12-13H,7-8,10-11H2,1H3,(H,20,22)(H,21,23). The van der Waals surface area contributed by atoms with Crippen molar-refractivity contribution >= 4 is 11.8 Å². The topological polar surface area (TPSA) is 80.3 Å². The number of hydrogen-bond donors (Lipinski definition) is 2. The lowest BCUT2D eigenvalue weighted by Crippen LogP contribution is -2.34. The number of pyridine rings is 1. The van der Waals surface area contributed by atoms with Crippen molar-refractivity contribution in [3.05, 3.63) is 59.9 Å². The lowest BCUT2D eigenvalue weighted by Gasteiger charge is -2.08. The van der Waals surface area contributed by atoms with Gasteiger partial charge in [0.15, 0.2) is 0 Å². The number of aryl methyl sites for hydroxylation is 1. The highest BCUT2D eigenvalue weighted by Gasteiger charge is 2.05. The van der Waals surface area contributed by atoms with Crippen LogP contribution in [0.25, 0.3) is 0 Å². The summed E-state index contributed by atoms with van der Waals surface area (Å²) in [5, 5.41) is 5.52. The Kier molecular flexibility index (Phi) is 6.76. The van der Waals surface area contributed by atoms with Crippen molar-refractivity contribution in [1.82, 2.24) is 15.6 Å². The smallest absolute Gasteiger partial charge is 0.252 e. The Labute approximate surface area is 141 Å². The van der Waals surface area contributed by atoms with E-state index >= 15 is 0 Å². The first-order chi connectivity index (χ1) is 11.7. The highest BCUT2D eigenvalue weighted by molar-refractivity contribution is 5.93. The van der Waals surface area contributed by atoms with Crippen molar-refractivity contribution < 1.29 is 14.3 Å². The number of carbonyl (C=O) groups is 2. The molecule has 126 valence electrons. The first-order valence-electron chi connectivity index (χ1n) is 7.77. The van der Waals surface area contributed by atoms with Gasteiger partial charge in [0, 0.05) is 31.9 Å². The van der Waals surface area contributed by atoms with Crippen LogP contribution in [-0.2, 0) is 11.2 Å². The molecule has 0 unspecified atom stereocenters. The molecule has 0 spiro atoms. The summed E-state index contributed by atoms with van der Waals surface area (Å²) < 4.78 is 5.15. The Morgan fingerprint density at radius 2 is 1.96 bits per heavy atom. The number of methoxy groups -OCH3 is 1. The normalized spacial score (nSPS) is 10.0. The molecule has 2 aromatic rings. The Morgan fingerprint density at radius 3 is 2.71 bits per heavy atom. The van der Waals surface area contributed by atoms with E-state index in [4.69, 9.17) is 4.74 Å². The van der Waals surface area contributed by atoms with Gasteiger partial charge >= 0.3 is 0 Å². The lowest BCUT2D eigenvalue weighted by molar-refractivity contribution is -0.121. The first kappa shape index (κ1) is 17.5. The average Bonchev–Trinajstić information content (AvgIpc) is 2.64. The van der Waals surface area contributed by atoms with Crippen LogP contribution < -0.4 is 15.4 Å². The van der Waals surface area contributed by atoms with E-state index in [1.165, 1.54) is 6.20 Å². The number of ether oxygens (including phenoxy) is 1. The summed E-state index contributed by atoms with van der Waals surface area (Å²) in [5.41, 5.74) is 1.55. The van der Waals surface area contributed by atoms with Crippen LogP contribution in [0.5, 0.6) is 5.75 Å². The molecule has 24 heavy (non-hydrogen) atoms. The van der Waals surface area contributed by atoms with Crippen molar-refractivity contribution in [2.75, 3.05) is 20.2 Å². The molecule has 6 nitrogen and oxygen atoms in total. The van der Waals surface area contributed by atoms with E-state index in [0.717, 1.165) is 11.3 Å². The van der Waals surface area contributed by atoms with Gasteiger partial charge in [0.1, 0.15) is 5.75 Å². The average molecular weight is 327 g/mol. The summed E-state index contributed by atoms with van der Waals surface area (Å²) in [6.07, 6.45) is 4.15. The van der Waals surface area contributed by atoms with E-state index in [0.29, 0.717) is 31.5 Å². The molecule has 1 heterocycles. The predicted molar refractivity (Wildman–Crippen MR) is 90.9 cm³/mol. The van der Waals surface area contributed by atoms with Gasteiger partial charge in [-0.25, -0.2) is 0 Å². The first-order valence-corrected chi connectivity index (χ1v) is 7.77. The zero-order valence-electron chi connectivity index (χ0n) is 13.6. The molecular weight excluding hydrogens is 306 g/mol. The number of rotatable bonds is 8. The van der Waals surface area contributed by atoms with Crippen molar-refractivity contribution in [2.24, 2.45) is 0 Å². The molecule has 0 bridgehead atoms. The number of benzene rings is 1. The Hall–Kier alpha value is -2.89. The molecule has 1 aromatic heterocycles. The molecule has 0 fully saturated rings. The summed E-state index contributed by atoms with van der Waals surface area (Å²) in [6, 6.07) is 11.0. The minimum Gasteiger partial charge on any atom is -0.497 e. The van der Waals surface area contributed by atoms with Gasteiger partial charge in [-0.3, -0.25) is 14.6 Å². The Bertz CT molecular complexity index is 674. The van der Waals surface area contributed by atoms with Crippen molar-refractivity contribution in [3.8, 4) is 5.75 Å². The number of aromatic nitrogens is 1. The van der Waals surface area contributed by atoms with Crippen LogP contribution in [0.1, 0.15) is 22.3 Å². The zero-order valence-corrected chi connectivity index (χ0v) is 13.6. The largest absolute Gasteiger partial charge is 0.497 e. The van der Waals surface area contributed by atoms with Crippen molar-refractivity contribution in [2.45, 2.75) is 12.8 Å². The van der Waals surface area contributed by atoms with Crippen LogP contribution in [0.3, 0.4) is 0 Å². The van der Waals surface area contributed by atoms with Crippen molar-refractivity contribution in [1.29, 1.82) is 0 Å².